The number of ether oxygens (including phenoxy) is 1. The third-order valence-corrected chi connectivity index (χ3v) is 6.35. The molecule has 2 aliphatic heterocycles. The Labute approximate surface area is 178 Å². The van der Waals surface area contributed by atoms with Gasteiger partial charge in [0.15, 0.2) is 0 Å². The molecule has 6 nitrogen and oxygen atoms in total. The second-order valence-electron chi connectivity index (χ2n) is 8.06. The molecule has 2 aromatic carbocycles. The zero-order chi connectivity index (χ0) is 21.1. The number of rotatable bonds is 6. The first-order chi connectivity index (χ1) is 14.6. The molecule has 4 rings (SSSR count). The summed E-state index contributed by atoms with van der Waals surface area (Å²) in [5, 5.41) is 0. The number of methoxy groups -OCH3 is 1. The largest absolute Gasteiger partial charge is 0.497 e. The van der Waals surface area contributed by atoms with Crippen LogP contribution in [-0.2, 0) is 17.9 Å². The minimum Gasteiger partial charge on any atom is -0.497 e. The van der Waals surface area contributed by atoms with Gasteiger partial charge in [-0.05, 0) is 43.0 Å². The predicted octanol–water partition coefficient (Wildman–Crippen LogP) is 3.51. The third-order valence-electron chi connectivity index (χ3n) is 6.35. The SMILES string of the molecule is CCN1C(=O)N(Cc2cccc(OC)c2)C(=O)C12CCN(Cc1ccccc1)CC2. The topological polar surface area (TPSA) is 53.1 Å². The number of hydrogen-bond donors (Lipinski definition) is 0. The molecule has 158 valence electrons. The Morgan fingerprint density at radius 3 is 2.30 bits per heavy atom. The lowest BCUT2D eigenvalue weighted by Gasteiger charge is -2.42. The lowest BCUT2D eigenvalue weighted by Crippen LogP contribution is -2.56. The van der Waals surface area contributed by atoms with Crippen LogP contribution in [0.5, 0.6) is 5.75 Å². The molecule has 0 radical (unpaired) electrons. The molecule has 0 unspecified atom stereocenters. The molecule has 0 saturated carbocycles. The third kappa shape index (κ3) is 3.67. The van der Waals surface area contributed by atoms with Crippen molar-refractivity contribution < 1.29 is 14.3 Å². The number of amides is 3. The number of likely N-dealkylation sites (N-methyl/N-ethyl adjacent to an activating group) is 1. The van der Waals surface area contributed by atoms with Crippen LogP contribution in [0.15, 0.2) is 54.6 Å². The number of imide groups is 1. The van der Waals surface area contributed by atoms with Crippen molar-refractivity contribution in [3.8, 4) is 5.75 Å². The number of piperidine rings is 1. The van der Waals surface area contributed by atoms with E-state index in [1.54, 1.807) is 12.0 Å². The molecule has 2 aliphatic rings. The number of benzene rings is 2. The highest BCUT2D eigenvalue weighted by Crippen LogP contribution is 2.38. The Morgan fingerprint density at radius 1 is 0.933 bits per heavy atom. The first-order valence-electron chi connectivity index (χ1n) is 10.6. The van der Waals surface area contributed by atoms with Crippen LogP contribution in [0.1, 0.15) is 30.9 Å². The number of urea groups is 1. The highest BCUT2D eigenvalue weighted by molar-refractivity contribution is 6.07. The van der Waals surface area contributed by atoms with E-state index in [1.165, 1.54) is 10.5 Å². The van der Waals surface area contributed by atoms with Crippen molar-refractivity contribution >= 4 is 11.9 Å². The van der Waals surface area contributed by atoms with E-state index in [4.69, 9.17) is 4.74 Å². The van der Waals surface area contributed by atoms with Crippen molar-refractivity contribution in [3.05, 3.63) is 65.7 Å². The van der Waals surface area contributed by atoms with Gasteiger partial charge < -0.3 is 9.64 Å². The molecule has 3 amide bonds. The van der Waals surface area contributed by atoms with Gasteiger partial charge >= 0.3 is 6.03 Å². The van der Waals surface area contributed by atoms with Gasteiger partial charge in [-0.25, -0.2) is 4.79 Å². The summed E-state index contributed by atoms with van der Waals surface area (Å²) >= 11 is 0. The van der Waals surface area contributed by atoms with Gasteiger partial charge in [-0.2, -0.15) is 0 Å². The summed E-state index contributed by atoms with van der Waals surface area (Å²) in [6.45, 7) is 5.25. The molecule has 2 aromatic rings. The molecule has 0 aliphatic carbocycles. The predicted molar refractivity (Wildman–Crippen MR) is 115 cm³/mol. The number of likely N-dealkylation sites (tertiary alicyclic amines) is 1. The molecular formula is C24H29N3O3. The summed E-state index contributed by atoms with van der Waals surface area (Å²) in [6.07, 6.45) is 1.35. The minimum absolute atomic E-state index is 0.0588. The monoisotopic (exact) mass is 407 g/mol. The van der Waals surface area contributed by atoms with Crippen LogP contribution in [0.25, 0.3) is 0 Å². The normalized spacial score (nSPS) is 19.0. The zero-order valence-electron chi connectivity index (χ0n) is 17.7. The number of nitrogens with zero attached hydrogens (tertiary/aromatic N) is 3. The molecule has 1 spiro atoms. The number of carbonyl (C=O) groups excluding carboxylic acids is 2. The molecular weight excluding hydrogens is 378 g/mol. The lowest BCUT2D eigenvalue weighted by atomic mass is 9.85. The van der Waals surface area contributed by atoms with E-state index in [0.717, 1.165) is 30.9 Å². The summed E-state index contributed by atoms with van der Waals surface area (Å²) in [6, 6.07) is 17.7. The fourth-order valence-electron chi connectivity index (χ4n) is 4.72. The maximum Gasteiger partial charge on any atom is 0.327 e. The van der Waals surface area contributed by atoms with Crippen LogP contribution in [-0.4, -0.2) is 58.9 Å². The van der Waals surface area contributed by atoms with E-state index in [2.05, 4.69) is 29.2 Å². The second kappa shape index (κ2) is 8.48. The van der Waals surface area contributed by atoms with Crippen LogP contribution in [0.4, 0.5) is 4.79 Å². The van der Waals surface area contributed by atoms with E-state index >= 15 is 0 Å². The number of hydrogen-bond acceptors (Lipinski definition) is 4. The molecule has 2 saturated heterocycles. The average molecular weight is 408 g/mol. The van der Waals surface area contributed by atoms with Gasteiger partial charge in [-0.15, -0.1) is 0 Å². The summed E-state index contributed by atoms with van der Waals surface area (Å²) in [5.41, 5.74) is 1.46. The highest BCUT2D eigenvalue weighted by Gasteiger charge is 2.57. The molecule has 0 bridgehead atoms. The van der Waals surface area contributed by atoms with Crippen LogP contribution >= 0.6 is 0 Å². The van der Waals surface area contributed by atoms with Crippen LogP contribution in [0, 0.1) is 0 Å². The molecule has 0 atom stereocenters. The summed E-state index contributed by atoms with van der Waals surface area (Å²) in [4.78, 5) is 32.2. The van der Waals surface area contributed by atoms with E-state index in [1.807, 2.05) is 37.3 Å². The first-order valence-corrected chi connectivity index (χ1v) is 10.6. The van der Waals surface area contributed by atoms with Gasteiger partial charge in [0.2, 0.25) is 0 Å². The Balaban J connectivity index is 1.49. The lowest BCUT2D eigenvalue weighted by molar-refractivity contribution is -0.136. The van der Waals surface area contributed by atoms with Crippen molar-refractivity contribution in [2.45, 2.75) is 38.4 Å². The van der Waals surface area contributed by atoms with Gasteiger partial charge in [-0.1, -0.05) is 42.5 Å². The standard InChI is InChI=1S/C24H29N3O3/c1-3-27-23(29)26(18-20-10-7-11-21(16-20)30-2)22(28)24(27)12-14-25(15-13-24)17-19-8-5-4-6-9-19/h4-11,16H,3,12-15,17-18H2,1-2H3. The van der Waals surface area contributed by atoms with E-state index in [9.17, 15) is 9.59 Å². The van der Waals surface area contributed by atoms with Crippen molar-refractivity contribution in [2.24, 2.45) is 0 Å². The molecule has 2 heterocycles. The fraction of sp³-hybridized carbons (Fsp3) is 0.417. The van der Waals surface area contributed by atoms with Gasteiger partial charge in [0.05, 0.1) is 13.7 Å². The number of carbonyl (C=O) groups is 2. The molecule has 2 fully saturated rings. The maximum atomic E-state index is 13.5. The summed E-state index contributed by atoms with van der Waals surface area (Å²) in [7, 11) is 1.61. The molecule has 6 heteroatoms. The van der Waals surface area contributed by atoms with E-state index in [-0.39, 0.29) is 18.5 Å². The quantitative estimate of drug-likeness (QED) is 0.688. The molecule has 0 aromatic heterocycles. The fourth-order valence-corrected chi connectivity index (χ4v) is 4.72. The molecule has 30 heavy (non-hydrogen) atoms. The smallest absolute Gasteiger partial charge is 0.327 e. The van der Waals surface area contributed by atoms with Gasteiger partial charge in [-0.3, -0.25) is 14.6 Å². The van der Waals surface area contributed by atoms with Crippen LogP contribution in [0.3, 0.4) is 0 Å². The van der Waals surface area contributed by atoms with Crippen molar-refractivity contribution in [3.63, 3.8) is 0 Å². The van der Waals surface area contributed by atoms with Gasteiger partial charge in [0.1, 0.15) is 11.3 Å². The average Bonchev–Trinajstić information content (AvgIpc) is 2.97. The van der Waals surface area contributed by atoms with Crippen molar-refractivity contribution in [2.75, 3.05) is 26.7 Å². The Hall–Kier alpha value is -2.86. The van der Waals surface area contributed by atoms with Crippen molar-refractivity contribution in [1.29, 1.82) is 0 Å². The van der Waals surface area contributed by atoms with E-state index < -0.39 is 5.54 Å². The Bertz CT molecular complexity index is 907. The second-order valence-corrected chi connectivity index (χ2v) is 8.06. The van der Waals surface area contributed by atoms with E-state index in [0.29, 0.717) is 19.4 Å². The Morgan fingerprint density at radius 2 is 1.63 bits per heavy atom. The highest BCUT2D eigenvalue weighted by atomic mass is 16.5. The summed E-state index contributed by atoms with van der Waals surface area (Å²) < 4.78 is 5.28. The zero-order valence-corrected chi connectivity index (χ0v) is 17.7. The first kappa shape index (κ1) is 20.4. The minimum atomic E-state index is -0.710. The van der Waals surface area contributed by atoms with Gasteiger partial charge in [0, 0.05) is 26.2 Å². The molecule has 0 N–H and O–H groups in total. The Kier molecular flexibility index (Phi) is 5.77. The van der Waals surface area contributed by atoms with Crippen molar-refractivity contribution in [1.82, 2.24) is 14.7 Å². The maximum absolute atomic E-state index is 13.5. The van der Waals surface area contributed by atoms with Crippen LogP contribution < -0.4 is 4.74 Å². The summed E-state index contributed by atoms with van der Waals surface area (Å²) in [5.74, 6) is 0.666. The van der Waals surface area contributed by atoms with Gasteiger partial charge in [0.25, 0.3) is 5.91 Å². The van der Waals surface area contributed by atoms with Crippen LogP contribution in [0.2, 0.25) is 0 Å².